The van der Waals surface area contributed by atoms with E-state index in [-0.39, 0.29) is 0 Å². The maximum Gasteiger partial charge on any atom is 0.229 e. The molecule has 0 radical (unpaired) electrons. The molecule has 1 N–H and O–H groups in total. The molecule has 1 aromatic carbocycles. The lowest BCUT2D eigenvalue weighted by Gasteiger charge is -2.35. The average Bonchev–Trinajstić information content (AvgIpc) is 3.26. The molecule has 1 fully saturated rings. The van der Waals surface area contributed by atoms with E-state index >= 15 is 0 Å². The Morgan fingerprint density at radius 2 is 1.59 bits per heavy atom. The number of hydrogen-bond donors (Lipinski definition) is 1. The number of pyridine rings is 1. The lowest BCUT2D eigenvalue weighted by molar-refractivity contribution is 0.248. The first-order chi connectivity index (χ1) is 15.8. The van der Waals surface area contributed by atoms with E-state index in [9.17, 15) is 0 Å². The number of aromatic nitrogens is 5. The van der Waals surface area contributed by atoms with Gasteiger partial charge in [0.05, 0.1) is 11.1 Å². The van der Waals surface area contributed by atoms with E-state index in [0.29, 0.717) is 0 Å². The first-order valence-electron chi connectivity index (χ1n) is 11.2. The highest BCUT2D eigenvalue weighted by molar-refractivity contribution is 5.91. The van der Waals surface area contributed by atoms with E-state index in [1.807, 2.05) is 12.4 Å². The highest BCUT2D eigenvalue weighted by atomic mass is 15.4. The molecule has 6 rings (SSSR count). The number of benzene rings is 1. The van der Waals surface area contributed by atoms with E-state index in [2.05, 4.69) is 72.3 Å². The summed E-state index contributed by atoms with van der Waals surface area (Å²) in [5.74, 6) is 1.80. The van der Waals surface area contributed by atoms with Gasteiger partial charge in [-0.25, -0.2) is 0 Å². The Morgan fingerprint density at radius 1 is 0.812 bits per heavy atom. The van der Waals surface area contributed by atoms with Crippen LogP contribution in [0.4, 0.5) is 11.8 Å². The van der Waals surface area contributed by atoms with Gasteiger partial charge in [0, 0.05) is 64.6 Å². The molecule has 0 amide bonds. The minimum absolute atomic E-state index is 0.797. The standard InChI is InChI=1S/C24H26N8/c1-2-4-18(5-3-1)17-32-11-8-20-21-22(29-28-20)26-24(27-23(21)32)31-14-12-30(13-15-31)16-19-6-9-25-10-7-19/h1-7,9-10H,8,11-17H2,(H,26,27,28,29). The van der Waals surface area contributed by atoms with Crippen LogP contribution < -0.4 is 9.80 Å². The van der Waals surface area contributed by atoms with Gasteiger partial charge in [0.15, 0.2) is 5.65 Å². The fourth-order valence-electron chi connectivity index (χ4n) is 4.67. The molecule has 2 aliphatic rings. The summed E-state index contributed by atoms with van der Waals surface area (Å²) in [4.78, 5) is 21.2. The van der Waals surface area contributed by atoms with Crippen LogP contribution in [0.5, 0.6) is 0 Å². The molecule has 32 heavy (non-hydrogen) atoms. The van der Waals surface area contributed by atoms with E-state index in [4.69, 9.17) is 9.97 Å². The van der Waals surface area contributed by atoms with Crippen molar-refractivity contribution >= 4 is 22.8 Å². The summed E-state index contributed by atoms with van der Waals surface area (Å²) in [5, 5.41) is 8.76. The predicted molar refractivity (Wildman–Crippen MR) is 125 cm³/mol. The Morgan fingerprint density at radius 3 is 2.41 bits per heavy atom. The van der Waals surface area contributed by atoms with Gasteiger partial charge < -0.3 is 9.80 Å². The first kappa shape index (κ1) is 19.2. The molecule has 3 aromatic heterocycles. The second-order valence-electron chi connectivity index (χ2n) is 8.52. The van der Waals surface area contributed by atoms with Crippen molar-refractivity contribution in [2.24, 2.45) is 0 Å². The van der Waals surface area contributed by atoms with Gasteiger partial charge in [-0.3, -0.25) is 15.0 Å². The van der Waals surface area contributed by atoms with E-state index in [1.165, 1.54) is 11.1 Å². The molecule has 0 bridgehead atoms. The zero-order valence-corrected chi connectivity index (χ0v) is 18.0. The normalized spacial score (nSPS) is 16.6. The number of rotatable bonds is 5. The molecule has 8 heteroatoms. The zero-order valence-electron chi connectivity index (χ0n) is 18.0. The van der Waals surface area contributed by atoms with Gasteiger partial charge in [-0.2, -0.15) is 15.1 Å². The van der Waals surface area contributed by atoms with Gasteiger partial charge in [0.1, 0.15) is 5.82 Å². The maximum absolute atomic E-state index is 5.07. The van der Waals surface area contributed by atoms with Crippen LogP contribution in [0.1, 0.15) is 16.8 Å². The molecule has 5 heterocycles. The van der Waals surface area contributed by atoms with Crippen LogP contribution in [-0.2, 0) is 19.5 Å². The number of H-pyrrole nitrogens is 1. The lowest BCUT2D eigenvalue weighted by atomic mass is 10.1. The Bertz CT molecular complexity index is 1200. The molecule has 0 spiro atoms. The van der Waals surface area contributed by atoms with Crippen molar-refractivity contribution < 1.29 is 0 Å². The second-order valence-corrected chi connectivity index (χ2v) is 8.52. The van der Waals surface area contributed by atoms with Gasteiger partial charge >= 0.3 is 0 Å². The molecule has 162 valence electrons. The van der Waals surface area contributed by atoms with Crippen molar-refractivity contribution in [1.82, 2.24) is 30.0 Å². The molecule has 0 saturated carbocycles. The maximum atomic E-state index is 5.07. The van der Waals surface area contributed by atoms with Gasteiger partial charge in [-0.15, -0.1) is 0 Å². The summed E-state index contributed by atoms with van der Waals surface area (Å²) in [5.41, 5.74) is 4.51. The Balaban J connectivity index is 1.23. The van der Waals surface area contributed by atoms with Gasteiger partial charge in [-0.1, -0.05) is 30.3 Å². The van der Waals surface area contributed by atoms with Crippen molar-refractivity contribution in [3.05, 3.63) is 71.7 Å². The highest BCUT2D eigenvalue weighted by Gasteiger charge is 2.27. The smallest absolute Gasteiger partial charge is 0.229 e. The van der Waals surface area contributed by atoms with Crippen LogP contribution in [-0.4, -0.2) is 62.8 Å². The monoisotopic (exact) mass is 426 g/mol. The third-order valence-electron chi connectivity index (χ3n) is 6.41. The molecule has 8 nitrogen and oxygen atoms in total. The fraction of sp³-hybridized carbons (Fsp3) is 0.333. The molecule has 1 saturated heterocycles. The third-order valence-corrected chi connectivity index (χ3v) is 6.41. The SMILES string of the molecule is c1ccc(CN2CCc3n[nH]c4nc(N5CCN(Cc6ccncc6)CC5)nc2c34)cc1. The predicted octanol–water partition coefficient (Wildman–Crippen LogP) is 2.63. The van der Waals surface area contributed by atoms with E-state index in [1.54, 1.807) is 0 Å². The van der Waals surface area contributed by atoms with Crippen LogP contribution in [0.3, 0.4) is 0 Å². The topological polar surface area (TPSA) is 77.1 Å². The van der Waals surface area contributed by atoms with Crippen LogP contribution >= 0.6 is 0 Å². The number of piperazine rings is 1. The van der Waals surface area contributed by atoms with Crippen LogP contribution in [0.15, 0.2) is 54.9 Å². The Labute approximate surface area is 186 Å². The summed E-state index contributed by atoms with van der Waals surface area (Å²) in [6.07, 6.45) is 4.64. The largest absolute Gasteiger partial charge is 0.351 e. The summed E-state index contributed by atoms with van der Waals surface area (Å²) < 4.78 is 0. The molecule has 0 aliphatic carbocycles. The van der Waals surface area contributed by atoms with E-state index in [0.717, 1.165) is 80.7 Å². The number of hydrogen-bond acceptors (Lipinski definition) is 7. The molecule has 2 aliphatic heterocycles. The highest BCUT2D eigenvalue weighted by Crippen LogP contribution is 2.33. The Kier molecular flexibility index (Phi) is 4.92. The number of nitrogens with one attached hydrogen (secondary N) is 1. The first-order valence-corrected chi connectivity index (χ1v) is 11.2. The summed E-state index contributed by atoms with van der Waals surface area (Å²) in [6, 6.07) is 14.8. The Hall–Kier alpha value is -3.52. The van der Waals surface area contributed by atoms with Crippen LogP contribution in [0.25, 0.3) is 11.0 Å². The molecular formula is C24H26N8. The third kappa shape index (κ3) is 3.67. The second kappa shape index (κ2) is 8.20. The fourth-order valence-corrected chi connectivity index (χ4v) is 4.67. The van der Waals surface area contributed by atoms with Crippen molar-refractivity contribution in [2.45, 2.75) is 19.5 Å². The number of anilines is 2. The van der Waals surface area contributed by atoms with Crippen LogP contribution in [0, 0.1) is 0 Å². The van der Waals surface area contributed by atoms with Crippen molar-refractivity contribution in [1.29, 1.82) is 0 Å². The lowest BCUT2D eigenvalue weighted by Crippen LogP contribution is -2.46. The van der Waals surface area contributed by atoms with Gasteiger partial charge in [0.25, 0.3) is 0 Å². The minimum Gasteiger partial charge on any atom is -0.351 e. The molecular weight excluding hydrogens is 400 g/mol. The molecule has 4 aromatic rings. The van der Waals surface area contributed by atoms with Crippen LogP contribution in [0.2, 0.25) is 0 Å². The minimum atomic E-state index is 0.797. The molecule has 0 atom stereocenters. The van der Waals surface area contributed by atoms with Crippen molar-refractivity contribution in [3.63, 3.8) is 0 Å². The summed E-state index contributed by atoms with van der Waals surface area (Å²) >= 11 is 0. The van der Waals surface area contributed by atoms with Crippen molar-refractivity contribution in [2.75, 3.05) is 42.5 Å². The number of nitrogens with zero attached hydrogens (tertiary/aromatic N) is 7. The summed E-state index contributed by atoms with van der Waals surface area (Å²) in [6.45, 7) is 6.51. The van der Waals surface area contributed by atoms with Gasteiger partial charge in [0.2, 0.25) is 5.95 Å². The molecule has 0 unspecified atom stereocenters. The van der Waals surface area contributed by atoms with Gasteiger partial charge in [-0.05, 0) is 23.3 Å². The zero-order chi connectivity index (χ0) is 21.3. The summed E-state index contributed by atoms with van der Waals surface area (Å²) in [7, 11) is 0. The number of aromatic amines is 1. The average molecular weight is 427 g/mol. The van der Waals surface area contributed by atoms with E-state index < -0.39 is 0 Å². The van der Waals surface area contributed by atoms with Crippen molar-refractivity contribution in [3.8, 4) is 0 Å². The quantitative estimate of drug-likeness (QED) is 0.526.